The Labute approximate surface area is 187 Å². The number of hydrogen-bond acceptors (Lipinski definition) is 9. The van der Waals surface area contributed by atoms with Crippen LogP contribution in [0.25, 0.3) is 22.3 Å². The Morgan fingerprint density at radius 2 is 1.56 bits per heavy atom. The summed E-state index contributed by atoms with van der Waals surface area (Å²) < 4.78 is 17.0. The number of rotatable bonds is 3. The van der Waals surface area contributed by atoms with Gasteiger partial charge in [0, 0.05) is 18.2 Å². The number of phenolic OH excluding ortho intramolecular Hbond substituents is 4. The second-order valence-electron chi connectivity index (χ2n) is 7.32. The number of aromatic hydroxyl groups is 4. The summed E-state index contributed by atoms with van der Waals surface area (Å²) in [4.78, 5) is 0. The van der Waals surface area contributed by atoms with Gasteiger partial charge in [-0.1, -0.05) is 0 Å². The minimum atomic E-state index is -1.60. The van der Waals surface area contributed by atoms with Crippen molar-refractivity contribution in [2.45, 2.75) is 37.6 Å². The molecule has 0 amide bonds. The Morgan fingerprint density at radius 1 is 0.844 bits per heavy atom. The third-order valence-corrected chi connectivity index (χ3v) is 5.11. The number of ether oxygens (including phenoxy) is 2. The lowest BCUT2D eigenvalue weighted by Crippen LogP contribution is -3.00. The molecule has 2 heterocycles. The van der Waals surface area contributed by atoms with Gasteiger partial charge >= 0.3 is 11.3 Å². The number of hydrogen-bond donors (Lipinski definition) is 7. The maximum absolute atomic E-state index is 10.3. The Hall–Kier alpha value is -3.02. The topological polar surface area (TPSA) is 171 Å². The van der Waals surface area contributed by atoms with Crippen molar-refractivity contribution < 1.29 is 62.0 Å². The van der Waals surface area contributed by atoms with Crippen molar-refractivity contribution in [2.24, 2.45) is 0 Å². The van der Waals surface area contributed by atoms with Gasteiger partial charge < -0.3 is 57.6 Å². The van der Waals surface area contributed by atoms with E-state index in [1.165, 1.54) is 37.3 Å². The Bertz CT molecular complexity index is 1140. The summed E-state index contributed by atoms with van der Waals surface area (Å²) in [5.74, 6) is -1.38. The molecule has 0 radical (unpaired) electrons. The van der Waals surface area contributed by atoms with Gasteiger partial charge in [-0.25, -0.2) is 4.42 Å². The highest BCUT2D eigenvalue weighted by atomic mass is 35.5. The number of halogens is 1. The van der Waals surface area contributed by atoms with Gasteiger partial charge in [0.1, 0.15) is 35.2 Å². The second kappa shape index (κ2) is 8.85. The van der Waals surface area contributed by atoms with Crippen molar-refractivity contribution in [1.29, 1.82) is 0 Å². The minimum Gasteiger partial charge on any atom is -1.00 e. The van der Waals surface area contributed by atoms with Crippen LogP contribution in [0.2, 0.25) is 0 Å². The molecule has 0 aliphatic carbocycles. The third-order valence-electron chi connectivity index (χ3n) is 5.11. The predicted molar refractivity (Wildman–Crippen MR) is 106 cm³/mol. The molecular weight excluding hydrogens is 448 g/mol. The maximum atomic E-state index is 10.3. The van der Waals surface area contributed by atoms with Crippen LogP contribution in [0.3, 0.4) is 0 Å². The van der Waals surface area contributed by atoms with E-state index in [4.69, 9.17) is 13.9 Å². The summed E-state index contributed by atoms with van der Waals surface area (Å²) in [5.41, 5.74) is 0.343. The van der Waals surface area contributed by atoms with Crippen molar-refractivity contribution >= 4 is 11.0 Å². The van der Waals surface area contributed by atoms with E-state index in [1.54, 1.807) is 0 Å². The van der Waals surface area contributed by atoms with Crippen molar-refractivity contribution in [3.05, 3.63) is 36.4 Å². The van der Waals surface area contributed by atoms with Crippen LogP contribution in [0, 0.1) is 0 Å². The maximum Gasteiger partial charge on any atom is 0.402 e. The van der Waals surface area contributed by atoms with Gasteiger partial charge in [0.15, 0.2) is 11.5 Å². The van der Waals surface area contributed by atoms with Crippen LogP contribution in [0.5, 0.6) is 28.7 Å². The van der Waals surface area contributed by atoms with Crippen molar-refractivity contribution in [1.82, 2.24) is 0 Å². The van der Waals surface area contributed by atoms with Gasteiger partial charge in [0.05, 0.1) is 17.7 Å². The van der Waals surface area contributed by atoms with Crippen LogP contribution in [-0.4, -0.2) is 66.5 Å². The molecule has 1 aliphatic rings. The van der Waals surface area contributed by atoms with E-state index in [1.807, 2.05) is 0 Å². The van der Waals surface area contributed by atoms with E-state index >= 15 is 0 Å². The molecule has 5 atom stereocenters. The molecule has 5 unspecified atom stereocenters. The molecule has 172 valence electrons. The standard InChI is InChI=1S/C21H20O10.ClH/c1-8-17(26)18(27)19(28)21(29-8)31-16-7-11-13(24)5-10(22)6-15(11)30-20(16)9-2-3-12(23)14(25)4-9;/h2-8,17-19,21,26-28H,1H3,(H3-,22,23,24,25);1H. The SMILES string of the molecule is CC1OC(Oc2cc3c(O)cc(O)cc3[o+]c2-c2ccc(O)c(O)c2)C(O)C(O)C1O.[Cl-]. The largest absolute Gasteiger partial charge is 1.00 e. The van der Waals surface area contributed by atoms with E-state index in [0.29, 0.717) is 0 Å². The van der Waals surface area contributed by atoms with Crippen LogP contribution in [0.1, 0.15) is 6.92 Å². The van der Waals surface area contributed by atoms with E-state index in [-0.39, 0.29) is 57.7 Å². The lowest BCUT2D eigenvalue weighted by molar-refractivity contribution is -0.268. The fraction of sp³-hybridized carbons (Fsp3) is 0.286. The highest BCUT2D eigenvalue weighted by Crippen LogP contribution is 2.42. The zero-order chi connectivity index (χ0) is 22.4. The summed E-state index contributed by atoms with van der Waals surface area (Å²) in [6.45, 7) is 1.49. The van der Waals surface area contributed by atoms with E-state index < -0.39 is 36.5 Å². The first-order chi connectivity index (χ1) is 14.7. The lowest BCUT2D eigenvalue weighted by atomic mass is 10.00. The molecule has 0 saturated carbocycles. The first-order valence-electron chi connectivity index (χ1n) is 9.37. The first-order valence-corrected chi connectivity index (χ1v) is 9.37. The summed E-state index contributed by atoms with van der Waals surface area (Å²) in [7, 11) is 0. The monoisotopic (exact) mass is 468 g/mol. The zero-order valence-corrected chi connectivity index (χ0v) is 17.3. The fourth-order valence-electron chi connectivity index (χ4n) is 3.37. The molecule has 1 saturated heterocycles. The number of aliphatic hydroxyl groups is 3. The van der Waals surface area contributed by atoms with Crippen molar-refractivity contribution in [2.75, 3.05) is 0 Å². The Morgan fingerprint density at radius 3 is 2.25 bits per heavy atom. The van der Waals surface area contributed by atoms with Gasteiger partial charge in [-0.3, -0.25) is 0 Å². The second-order valence-corrected chi connectivity index (χ2v) is 7.32. The van der Waals surface area contributed by atoms with Crippen LogP contribution in [-0.2, 0) is 4.74 Å². The van der Waals surface area contributed by atoms with Crippen LogP contribution in [0.15, 0.2) is 40.8 Å². The molecule has 32 heavy (non-hydrogen) atoms. The molecular formula is C21H21ClO10. The van der Waals surface area contributed by atoms with E-state index in [9.17, 15) is 35.7 Å². The summed E-state index contributed by atoms with van der Waals surface area (Å²) >= 11 is 0. The molecule has 0 bridgehead atoms. The van der Waals surface area contributed by atoms with Crippen LogP contribution >= 0.6 is 0 Å². The number of aliphatic hydroxyl groups excluding tert-OH is 3. The predicted octanol–water partition coefficient (Wildman–Crippen LogP) is -1.59. The summed E-state index contributed by atoms with van der Waals surface area (Å²) in [6.07, 6.45) is -6.71. The minimum absolute atomic E-state index is 0. The molecule has 4 rings (SSSR count). The smallest absolute Gasteiger partial charge is 0.402 e. The van der Waals surface area contributed by atoms with E-state index in [0.717, 1.165) is 6.07 Å². The molecule has 1 aliphatic heterocycles. The number of phenols is 4. The van der Waals surface area contributed by atoms with Gasteiger partial charge in [0.2, 0.25) is 12.0 Å². The van der Waals surface area contributed by atoms with Gasteiger partial charge in [-0.2, -0.15) is 0 Å². The average molecular weight is 469 g/mol. The summed E-state index contributed by atoms with van der Waals surface area (Å²) in [6, 6.07) is 7.58. The molecule has 7 N–H and O–H groups in total. The molecule has 11 heteroatoms. The van der Waals surface area contributed by atoms with Crippen molar-refractivity contribution in [3.63, 3.8) is 0 Å². The highest BCUT2D eigenvalue weighted by Gasteiger charge is 2.44. The number of fused-ring (bicyclic) bond motifs is 1. The van der Waals surface area contributed by atoms with Gasteiger partial charge in [-0.05, 0) is 19.1 Å². The first kappa shape index (κ1) is 23.6. The van der Waals surface area contributed by atoms with Crippen molar-refractivity contribution in [3.8, 4) is 40.1 Å². The van der Waals surface area contributed by atoms with Gasteiger partial charge in [0.25, 0.3) is 0 Å². The lowest BCUT2D eigenvalue weighted by Gasteiger charge is -2.38. The average Bonchev–Trinajstić information content (AvgIpc) is 2.72. The molecule has 10 nitrogen and oxygen atoms in total. The molecule has 2 aromatic carbocycles. The Kier molecular flexibility index (Phi) is 6.54. The van der Waals surface area contributed by atoms with Crippen LogP contribution in [0.4, 0.5) is 0 Å². The van der Waals surface area contributed by atoms with Gasteiger partial charge in [-0.15, -0.1) is 0 Å². The highest BCUT2D eigenvalue weighted by molar-refractivity contribution is 5.88. The van der Waals surface area contributed by atoms with E-state index in [2.05, 4.69) is 0 Å². The van der Waals surface area contributed by atoms with Crippen LogP contribution < -0.4 is 17.1 Å². The summed E-state index contributed by atoms with van der Waals surface area (Å²) in [5, 5.41) is 69.8. The fourth-order valence-corrected chi connectivity index (χ4v) is 3.37. The normalized spacial score (nSPS) is 25.3. The molecule has 1 aromatic heterocycles. The third kappa shape index (κ3) is 4.18. The molecule has 3 aromatic rings. The zero-order valence-electron chi connectivity index (χ0n) is 16.6. The number of benzene rings is 2. The molecule has 1 fully saturated rings. The Balaban J connectivity index is 0.00000289. The molecule has 0 spiro atoms. The quantitative estimate of drug-likeness (QED) is 0.175.